The molecular formula is C77H95N3O12S. The van der Waals surface area contributed by atoms with E-state index in [9.17, 15) is 28.8 Å². The summed E-state index contributed by atoms with van der Waals surface area (Å²) in [7, 11) is 0. The zero-order valence-corrected chi connectivity index (χ0v) is 56.3. The van der Waals surface area contributed by atoms with E-state index in [4.69, 9.17) is 18.9 Å². The molecule has 0 saturated heterocycles. The minimum Gasteiger partial charge on any atom is -0.494 e. The molecular weight excluding hydrogens is 1190 g/mol. The van der Waals surface area contributed by atoms with Gasteiger partial charge in [-0.3, -0.25) is 28.8 Å². The van der Waals surface area contributed by atoms with Gasteiger partial charge in [-0.15, -0.1) is 11.8 Å². The number of amides is 3. The second-order valence-electron chi connectivity index (χ2n) is 25.6. The maximum Gasteiger partial charge on any atom is 0.408 e. The topological polar surface area (TPSA) is 210 Å². The lowest BCUT2D eigenvalue weighted by molar-refractivity contribution is -0.157. The van der Waals surface area contributed by atoms with Crippen molar-refractivity contribution < 1.29 is 57.3 Å². The molecule has 16 heteroatoms. The summed E-state index contributed by atoms with van der Waals surface area (Å²) in [5, 5.41) is 8.57. The van der Waals surface area contributed by atoms with Crippen LogP contribution in [0.5, 0.6) is 5.75 Å². The Hall–Kier alpha value is -8.37. The lowest BCUT2D eigenvalue weighted by Crippen LogP contribution is -2.49. The van der Waals surface area contributed by atoms with E-state index in [-0.39, 0.29) is 50.2 Å². The van der Waals surface area contributed by atoms with Crippen molar-refractivity contribution in [3.8, 4) is 5.75 Å². The zero-order valence-electron chi connectivity index (χ0n) is 55.5. The highest BCUT2D eigenvalue weighted by molar-refractivity contribution is 8.00. The quantitative estimate of drug-likeness (QED) is 0.0143. The number of carbonyl (C=O) groups excluding carboxylic acids is 8. The predicted molar refractivity (Wildman–Crippen MR) is 365 cm³/mol. The number of ketones is 3. The first-order valence-electron chi connectivity index (χ1n) is 32.7. The van der Waals surface area contributed by atoms with E-state index in [1.807, 2.05) is 159 Å². The van der Waals surface area contributed by atoms with Crippen LogP contribution in [0.15, 0.2) is 176 Å². The summed E-state index contributed by atoms with van der Waals surface area (Å²) in [5.74, 6) is -5.87. The van der Waals surface area contributed by atoms with E-state index in [2.05, 4.69) is 22.9 Å². The summed E-state index contributed by atoms with van der Waals surface area (Å²) in [6, 6.07) is 51.1. The Morgan fingerprint density at radius 1 is 0.462 bits per heavy atom. The summed E-state index contributed by atoms with van der Waals surface area (Å²) in [6.07, 6.45) is 3.79. The van der Waals surface area contributed by atoms with Crippen LogP contribution in [0.2, 0.25) is 0 Å². The Bertz CT molecular complexity index is 3200. The highest BCUT2D eigenvalue weighted by Gasteiger charge is 2.41. The van der Waals surface area contributed by atoms with Crippen LogP contribution in [-0.4, -0.2) is 88.9 Å². The van der Waals surface area contributed by atoms with Gasteiger partial charge in [-0.25, -0.2) is 9.59 Å². The van der Waals surface area contributed by atoms with Crippen LogP contribution in [0.25, 0.3) is 0 Å². The number of unbranched alkanes of at least 4 members (excludes halogenated alkanes) is 5. The molecule has 0 bridgehead atoms. The smallest absolute Gasteiger partial charge is 0.408 e. The minimum absolute atomic E-state index is 0.0171. The summed E-state index contributed by atoms with van der Waals surface area (Å²) >= 11 is 1.40. The molecule has 0 aliphatic rings. The summed E-state index contributed by atoms with van der Waals surface area (Å²) < 4.78 is 22.1. The van der Waals surface area contributed by atoms with Crippen molar-refractivity contribution in [2.24, 2.45) is 11.8 Å². The van der Waals surface area contributed by atoms with Crippen molar-refractivity contribution >= 4 is 59.0 Å². The van der Waals surface area contributed by atoms with Gasteiger partial charge in [-0.05, 0) is 120 Å². The molecule has 0 radical (unpaired) electrons. The zero-order chi connectivity index (χ0) is 67.2. The molecule has 0 heterocycles. The van der Waals surface area contributed by atoms with E-state index in [0.717, 1.165) is 66.3 Å². The van der Waals surface area contributed by atoms with Crippen molar-refractivity contribution in [3.63, 3.8) is 0 Å². The van der Waals surface area contributed by atoms with Gasteiger partial charge in [0, 0.05) is 37.4 Å². The fraction of sp³-hybridized carbons (Fsp3) is 0.429. The Morgan fingerprint density at radius 2 is 0.957 bits per heavy atom. The second kappa shape index (κ2) is 37.4. The Balaban J connectivity index is 1.32. The van der Waals surface area contributed by atoms with Gasteiger partial charge in [0.2, 0.25) is 11.8 Å². The van der Waals surface area contributed by atoms with Gasteiger partial charge >= 0.3 is 18.0 Å². The monoisotopic (exact) mass is 1290 g/mol. The molecule has 5 atom stereocenters. The number of Topliss-reactive ketones (excluding diaryl/α,β-unsaturated/α-hetero) is 3. The maximum atomic E-state index is 15.3. The standard InChI is InChI=1S/C77H95N3O12S/c1-9-11-12-13-14-30-41-63(81)50-58(48-55-31-20-15-21-32-55)71(85)78-66(49-56-33-22-16-23-34-56)68(82)47-46-65(80-74(88)92-76(6,7)8)69(83)51-59(52-70(84)91-75(3,4)5)72(86)79-67(73(87)90-53-57-42-44-64(45-43-57)89-10-2)54-93-77(60-35-24-17-25-36-60,61-37-26-18-27-38-61)62-39-28-19-29-40-62/h15-29,31-40,42-45,58-59,65-67H,9-14,30,41,46-54H2,1-8H3,(H,78,85)(H,79,86)(H,80,88)/t58-,59+,65+,66+,67+/m1/s1. The molecule has 0 fully saturated rings. The summed E-state index contributed by atoms with van der Waals surface area (Å²) in [4.78, 5) is 116. The van der Waals surface area contributed by atoms with Crippen LogP contribution >= 0.6 is 11.8 Å². The number of ether oxygens (including phenoxy) is 4. The number of rotatable bonds is 38. The molecule has 0 aliphatic heterocycles. The van der Waals surface area contributed by atoms with Crippen LogP contribution in [0, 0.1) is 11.8 Å². The third kappa shape index (κ3) is 25.2. The van der Waals surface area contributed by atoms with E-state index < -0.39 is 100 Å². The van der Waals surface area contributed by atoms with Gasteiger partial charge < -0.3 is 34.9 Å². The number of esters is 2. The van der Waals surface area contributed by atoms with Gasteiger partial charge in [0.1, 0.15) is 35.4 Å². The number of carbonyl (C=O) groups is 8. The van der Waals surface area contributed by atoms with Crippen molar-refractivity contribution in [3.05, 3.63) is 209 Å². The van der Waals surface area contributed by atoms with Crippen LogP contribution in [-0.2, 0) is 72.0 Å². The first-order chi connectivity index (χ1) is 44.5. The second-order valence-corrected chi connectivity index (χ2v) is 26.8. The molecule has 6 aromatic rings. The van der Waals surface area contributed by atoms with Crippen molar-refractivity contribution in [1.29, 1.82) is 0 Å². The third-order valence-electron chi connectivity index (χ3n) is 15.6. The molecule has 6 aromatic carbocycles. The molecule has 496 valence electrons. The third-order valence-corrected chi connectivity index (χ3v) is 17.2. The molecule has 0 unspecified atom stereocenters. The van der Waals surface area contributed by atoms with Crippen LogP contribution in [0.1, 0.15) is 166 Å². The SMILES string of the molecule is CCCCCCCCC(=O)C[C@@H](Cc1ccccc1)C(=O)N[C@@H](Cc1ccccc1)C(=O)CC[C@H](NC(=O)OC(C)(C)C)C(=O)C[C@@H](CC(=O)OC(C)(C)C)C(=O)N[C@@H](CSC(c1ccccc1)(c1ccccc1)c1ccccc1)C(=O)OCc1ccc(OCC)cc1. The largest absolute Gasteiger partial charge is 0.494 e. The number of alkyl carbamates (subject to hydrolysis) is 1. The highest BCUT2D eigenvalue weighted by Crippen LogP contribution is 2.49. The van der Waals surface area contributed by atoms with Gasteiger partial charge in [0.05, 0.1) is 35.8 Å². The number of hydrogen-bond donors (Lipinski definition) is 3. The number of hydrogen-bond acceptors (Lipinski definition) is 13. The van der Waals surface area contributed by atoms with Crippen molar-refractivity contribution in [2.75, 3.05) is 12.4 Å². The lowest BCUT2D eigenvalue weighted by atomic mass is 9.84. The molecule has 3 N–H and O–H groups in total. The molecule has 3 amide bonds. The van der Waals surface area contributed by atoms with E-state index in [1.54, 1.807) is 65.8 Å². The number of nitrogens with one attached hydrogen (secondary N) is 3. The Kier molecular flexibility index (Phi) is 29.6. The first-order valence-corrected chi connectivity index (χ1v) is 33.7. The molecule has 6 rings (SSSR count). The van der Waals surface area contributed by atoms with Crippen LogP contribution < -0.4 is 20.7 Å². The molecule has 0 aromatic heterocycles. The summed E-state index contributed by atoms with van der Waals surface area (Å²) in [5.41, 5.74) is 2.91. The molecule has 0 saturated carbocycles. The minimum atomic E-state index is -1.49. The first kappa shape index (κ1) is 73.7. The molecule has 15 nitrogen and oxygen atoms in total. The van der Waals surface area contributed by atoms with Gasteiger partial charge in [0.25, 0.3) is 0 Å². The Morgan fingerprint density at radius 3 is 1.48 bits per heavy atom. The average Bonchev–Trinajstić information content (AvgIpc) is 0.760. The van der Waals surface area contributed by atoms with Crippen LogP contribution in [0.4, 0.5) is 4.79 Å². The van der Waals surface area contributed by atoms with Gasteiger partial charge in [0.15, 0.2) is 11.6 Å². The fourth-order valence-corrected chi connectivity index (χ4v) is 12.6. The van der Waals surface area contributed by atoms with E-state index in [0.29, 0.717) is 24.3 Å². The lowest BCUT2D eigenvalue weighted by Gasteiger charge is -2.36. The average molecular weight is 1290 g/mol. The number of thioether (sulfide) groups is 1. The molecule has 0 spiro atoms. The van der Waals surface area contributed by atoms with Crippen molar-refractivity contribution in [2.45, 2.75) is 186 Å². The number of benzene rings is 6. The van der Waals surface area contributed by atoms with Gasteiger partial charge in [-0.2, -0.15) is 0 Å². The fourth-order valence-electron chi connectivity index (χ4n) is 11.0. The molecule has 0 aliphatic carbocycles. The van der Waals surface area contributed by atoms with E-state index in [1.165, 1.54) is 11.8 Å². The Labute approximate surface area is 554 Å². The molecule has 93 heavy (non-hydrogen) atoms. The highest BCUT2D eigenvalue weighted by atomic mass is 32.2. The van der Waals surface area contributed by atoms with Crippen molar-refractivity contribution in [1.82, 2.24) is 16.0 Å². The summed E-state index contributed by atoms with van der Waals surface area (Å²) in [6.45, 7) is 14.3. The van der Waals surface area contributed by atoms with Gasteiger partial charge in [-0.1, -0.05) is 203 Å². The predicted octanol–water partition coefficient (Wildman–Crippen LogP) is 14.2. The van der Waals surface area contributed by atoms with Crippen LogP contribution in [0.3, 0.4) is 0 Å². The van der Waals surface area contributed by atoms with E-state index >= 15 is 9.59 Å². The normalized spacial score (nSPS) is 13.2. The maximum absolute atomic E-state index is 15.3.